The molecule has 0 saturated carbocycles. The van der Waals surface area contributed by atoms with Crippen molar-refractivity contribution >= 4 is 11.9 Å². The van der Waals surface area contributed by atoms with Gasteiger partial charge in [-0.2, -0.15) is 5.26 Å². The van der Waals surface area contributed by atoms with Crippen molar-refractivity contribution in [3.05, 3.63) is 11.8 Å². The smallest absolute Gasteiger partial charge is 0.344 e. The van der Waals surface area contributed by atoms with Crippen LogP contribution < -0.4 is 5.32 Å². The van der Waals surface area contributed by atoms with E-state index >= 15 is 0 Å². The number of nitrogens with one attached hydrogen (secondary N) is 1. The number of carbonyl (C=O) groups excluding carboxylic acids is 2. The molecule has 0 amide bonds. The van der Waals surface area contributed by atoms with Crippen LogP contribution in [0, 0.1) is 11.3 Å². The van der Waals surface area contributed by atoms with Gasteiger partial charge >= 0.3 is 11.9 Å². The molecule has 0 aliphatic carbocycles. The summed E-state index contributed by atoms with van der Waals surface area (Å²) in [5.41, 5.74) is -0.317. The van der Waals surface area contributed by atoms with E-state index in [1.54, 1.807) is 40.7 Å². The van der Waals surface area contributed by atoms with E-state index in [0.717, 1.165) is 0 Å². The van der Waals surface area contributed by atoms with E-state index in [2.05, 4.69) is 5.32 Å². The summed E-state index contributed by atoms with van der Waals surface area (Å²) >= 11 is 0. The van der Waals surface area contributed by atoms with Crippen molar-refractivity contribution in [1.82, 2.24) is 5.32 Å². The number of esters is 2. The average Bonchev–Trinajstić information content (AvgIpc) is 2.23. The molecule has 1 unspecified atom stereocenters. The van der Waals surface area contributed by atoms with Crippen molar-refractivity contribution in [3.63, 3.8) is 0 Å². The van der Waals surface area contributed by atoms with Crippen molar-refractivity contribution in [3.8, 4) is 6.07 Å². The lowest BCUT2D eigenvalue weighted by Gasteiger charge is -2.22. The SMILES string of the molecule is CCOC(=O)/C=C(\C)NC(C#N)C(=O)OC(C)(C)C. The zero-order valence-electron chi connectivity index (χ0n) is 11.9. The second-order valence-electron chi connectivity index (χ2n) is 4.82. The fourth-order valence-corrected chi connectivity index (χ4v) is 1.13. The third kappa shape index (κ3) is 7.82. The molecule has 0 aromatic carbocycles. The third-order valence-electron chi connectivity index (χ3n) is 1.76. The summed E-state index contributed by atoms with van der Waals surface area (Å²) in [7, 11) is 0. The standard InChI is InChI=1S/C13H20N2O4/c1-6-18-11(16)7-9(2)15-10(8-14)12(17)19-13(3,4)5/h7,10,15H,6H2,1-5H3/b9-7+. The molecule has 0 spiro atoms. The first-order chi connectivity index (χ1) is 8.69. The molecule has 1 N–H and O–H groups in total. The van der Waals surface area contributed by atoms with Crippen LogP contribution >= 0.6 is 0 Å². The Bertz CT molecular complexity index is 402. The van der Waals surface area contributed by atoms with Crippen LogP contribution in [0.3, 0.4) is 0 Å². The molecule has 106 valence electrons. The van der Waals surface area contributed by atoms with Crippen LogP contribution in [0.2, 0.25) is 0 Å². The Morgan fingerprint density at radius 3 is 2.42 bits per heavy atom. The Hall–Kier alpha value is -2.03. The van der Waals surface area contributed by atoms with E-state index in [0.29, 0.717) is 5.70 Å². The number of rotatable bonds is 5. The number of hydrogen-bond acceptors (Lipinski definition) is 6. The van der Waals surface area contributed by atoms with E-state index in [-0.39, 0.29) is 6.61 Å². The van der Waals surface area contributed by atoms with Gasteiger partial charge in [0.1, 0.15) is 5.60 Å². The largest absolute Gasteiger partial charge is 0.463 e. The summed E-state index contributed by atoms with van der Waals surface area (Å²) in [5.74, 6) is -1.22. The summed E-state index contributed by atoms with van der Waals surface area (Å²) in [6, 6.07) is 0.620. The molecule has 0 heterocycles. The van der Waals surface area contributed by atoms with E-state index in [1.807, 2.05) is 0 Å². The molecule has 0 aliphatic heterocycles. The number of nitrogens with zero attached hydrogens (tertiary/aromatic N) is 1. The minimum atomic E-state index is -1.16. The molecule has 0 bridgehead atoms. The number of hydrogen-bond donors (Lipinski definition) is 1. The zero-order chi connectivity index (χ0) is 15.1. The van der Waals surface area contributed by atoms with Crippen LogP contribution in [0.5, 0.6) is 0 Å². The molecule has 1 atom stereocenters. The summed E-state index contributed by atoms with van der Waals surface area (Å²) in [5, 5.41) is 11.5. The van der Waals surface area contributed by atoms with Gasteiger partial charge < -0.3 is 14.8 Å². The Labute approximate surface area is 113 Å². The van der Waals surface area contributed by atoms with E-state index in [1.165, 1.54) is 6.08 Å². The molecule has 19 heavy (non-hydrogen) atoms. The van der Waals surface area contributed by atoms with Gasteiger partial charge in [-0.1, -0.05) is 0 Å². The van der Waals surface area contributed by atoms with Crippen LogP contribution in [0.1, 0.15) is 34.6 Å². The van der Waals surface area contributed by atoms with E-state index < -0.39 is 23.6 Å². The van der Waals surface area contributed by atoms with Gasteiger partial charge in [0.2, 0.25) is 6.04 Å². The summed E-state index contributed by atoms with van der Waals surface area (Å²) in [6.07, 6.45) is 1.18. The lowest BCUT2D eigenvalue weighted by molar-refractivity contribution is -0.155. The number of ether oxygens (including phenoxy) is 2. The van der Waals surface area contributed by atoms with Gasteiger partial charge in [-0.3, -0.25) is 0 Å². The Balaban J connectivity index is 4.62. The fourth-order valence-electron chi connectivity index (χ4n) is 1.13. The van der Waals surface area contributed by atoms with Gasteiger partial charge in [0.15, 0.2) is 0 Å². The quantitative estimate of drug-likeness (QED) is 0.597. The topological polar surface area (TPSA) is 88.4 Å². The molecular formula is C13H20N2O4. The number of nitriles is 1. The number of carbonyl (C=O) groups is 2. The van der Waals surface area contributed by atoms with Gasteiger partial charge in [-0.25, -0.2) is 9.59 Å². The van der Waals surface area contributed by atoms with Crippen molar-refractivity contribution in [2.45, 2.75) is 46.3 Å². The maximum atomic E-state index is 11.7. The maximum absolute atomic E-state index is 11.7. The van der Waals surface area contributed by atoms with Crippen LogP contribution in [-0.2, 0) is 19.1 Å². The normalized spacial score (nSPS) is 13.2. The highest BCUT2D eigenvalue weighted by Crippen LogP contribution is 2.08. The minimum absolute atomic E-state index is 0.260. The van der Waals surface area contributed by atoms with Crippen molar-refractivity contribution in [2.75, 3.05) is 6.61 Å². The molecule has 6 heteroatoms. The highest BCUT2D eigenvalue weighted by molar-refractivity contribution is 5.83. The second-order valence-corrected chi connectivity index (χ2v) is 4.82. The summed E-state index contributed by atoms with van der Waals surface area (Å²) < 4.78 is 9.79. The first-order valence-corrected chi connectivity index (χ1v) is 5.93. The van der Waals surface area contributed by atoms with Crippen molar-refractivity contribution < 1.29 is 19.1 Å². The molecule has 0 radical (unpaired) electrons. The van der Waals surface area contributed by atoms with Gasteiger partial charge in [0.05, 0.1) is 12.7 Å². The molecular weight excluding hydrogens is 248 g/mol. The van der Waals surface area contributed by atoms with Crippen LogP contribution in [0.4, 0.5) is 0 Å². The van der Waals surface area contributed by atoms with Crippen LogP contribution in [0.15, 0.2) is 11.8 Å². The van der Waals surface area contributed by atoms with Crippen LogP contribution in [-0.4, -0.2) is 30.2 Å². The molecule has 6 nitrogen and oxygen atoms in total. The molecule has 0 aromatic rings. The van der Waals surface area contributed by atoms with Crippen LogP contribution in [0.25, 0.3) is 0 Å². The van der Waals surface area contributed by atoms with Crippen molar-refractivity contribution in [2.24, 2.45) is 0 Å². The molecule has 0 aliphatic rings. The minimum Gasteiger partial charge on any atom is -0.463 e. The first kappa shape index (κ1) is 17.0. The molecule has 0 saturated heterocycles. The van der Waals surface area contributed by atoms with Gasteiger partial charge in [0.25, 0.3) is 0 Å². The van der Waals surface area contributed by atoms with Crippen molar-refractivity contribution in [1.29, 1.82) is 5.26 Å². The molecule has 0 aromatic heterocycles. The number of allylic oxidation sites excluding steroid dienone is 1. The predicted molar refractivity (Wildman–Crippen MR) is 68.8 cm³/mol. The fraction of sp³-hybridized carbons (Fsp3) is 0.615. The van der Waals surface area contributed by atoms with Gasteiger partial charge in [-0.15, -0.1) is 0 Å². The van der Waals surface area contributed by atoms with E-state index in [4.69, 9.17) is 14.7 Å². The summed E-state index contributed by atoms with van der Waals surface area (Å²) in [4.78, 5) is 22.9. The average molecular weight is 268 g/mol. The highest BCUT2D eigenvalue weighted by atomic mass is 16.6. The van der Waals surface area contributed by atoms with E-state index in [9.17, 15) is 9.59 Å². The maximum Gasteiger partial charge on any atom is 0.344 e. The molecule has 0 fully saturated rings. The highest BCUT2D eigenvalue weighted by Gasteiger charge is 2.24. The zero-order valence-corrected chi connectivity index (χ0v) is 11.9. The third-order valence-corrected chi connectivity index (χ3v) is 1.76. The Kier molecular flexibility index (Phi) is 6.62. The lowest BCUT2D eigenvalue weighted by atomic mass is 10.2. The first-order valence-electron chi connectivity index (χ1n) is 5.93. The van der Waals surface area contributed by atoms with Gasteiger partial charge in [-0.05, 0) is 34.6 Å². The lowest BCUT2D eigenvalue weighted by Crippen LogP contribution is -2.39. The summed E-state index contributed by atoms with van der Waals surface area (Å²) in [6.45, 7) is 8.64. The van der Waals surface area contributed by atoms with Gasteiger partial charge in [0, 0.05) is 11.8 Å². The second kappa shape index (κ2) is 7.41. The molecule has 0 rings (SSSR count). The Morgan fingerprint density at radius 1 is 1.42 bits per heavy atom. The monoisotopic (exact) mass is 268 g/mol. The Morgan fingerprint density at radius 2 is 2.00 bits per heavy atom. The predicted octanol–water partition coefficient (Wildman–Crippen LogP) is 1.28.